The van der Waals surface area contributed by atoms with Crippen molar-refractivity contribution in [3.8, 4) is 0 Å². The first kappa shape index (κ1) is 13.9. The summed E-state index contributed by atoms with van der Waals surface area (Å²) in [5.41, 5.74) is 3.09. The van der Waals surface area contributed by atoms with E-state index in [0.29, 0.717) is 6.54 Å². The van der Waals surface area contributed by atoms with Crippen LogP contribution in [0.15, 0.2) is 18.2 Å². The van der Waals surface area contributed by atoms with Crippen molar-refractivity contribution in [3.05, 3.63) is 29.3 Å². The van der Waals surface area contributed by atoms with E-state index in [1.807, 2.05) is 32.0 Å². The second-order valence-corrected chi connectivity index (χ2v) is 5.23. The Balaban J connectivity index is 1.68. The molecule has 104 valence electrons. The van der Waals surface area contributed by atoms with Crippen molar-refractivity contribution >= 4 is 11.7 Å². The number of carbonyl (C=O) groups excluding carboxylic acids is 1. The lowest BCUT2D eigenvalue weighted by Gasteiger charge is -2.12. The minimum atomic E-state index is -0.121. The highest BCUT2D eigenvalue weighted by Gasteiger charge is 2.19. The lowest BCUT2D eigenvalue weighted by atomic mass is 10.1. The Morgan fingerprint density at radius 3 is 2.53 bits per heavy atom. The number of urea groups is 1. The van der Waals surface area contributed by atoms with Gasteiger partial charge in [-0.2, -0.15) is 0 Å². The number of aryl methyl sites for hydroxylation is 2. The molecular weight excluding hydrogens is 238 g/mol. The molecule has 0 heterocycles. The Kier molecular flexibility index (Phi) is 4.80. The van der Waals surface area contributed by atoms with Gasteiger partial charge in [-0.05, 0) is 50.8 Å². The molecule has 0 saturated heterocycles. The first-order valence-corrected chi connectivity index (χ1v) is 7.01. The van der Waals surface area contributed by atoms with Crippen LogP contribution in [0.2, 0.25) is 0 Å². The van der Waals surface area contributed by atoms with E-state index in [4.69, 9.17) is 0 Å². The number of nitrogens with one attached hydrogen (secondary N) is 3. The topological polar surface area (TPSA) is 53.2 Å². The number of carbonyl (C=O) groups is 1. The summed E-state index contributed by atoms with van der Waals surface area (Å²) in [5.74, 6) is 0. The van der Waals surface area contributed by atoms with E-state index in [1.54, 1.807) is 0 Å². The minimum Gasteiger partial charge on any atom is -0.338 e. The van der Waals surface area contributed by atoms with Crippen LogP contribution >= 0.6 is 0 Å². The third-order valence-corrected chi connectivity index (χ3v) is 3.37. The van der Waals surface area contributed by atoms with E-state index < -0.39 is 0 Å². The van der Waals surface area contributed by atoms with Gasteiger partial charge in [0.1, 0.15) is 0 Å². The second kappa shape index (κ2) is 6.57. The Bertz CT molecular complexity index is 421. The first-order chi connectivity index (χ1) is 9.16. The van der Waals surface area contributed by atoms with Crippen LogP contribution in [0, 0.1) is 13.8 Å². The summed E-state index contributed by atoms with van der Waals surface area (Å²) in [6.07, 6.45) is 3.58. The van der Waals surface area contributed by atoms with Crippen molar-refractivity contribution in [3.63, 3.8) is 0 Å². The number of rotatable bonds is 6. The minimum absolute atomic E-state index is 0.121. The number of benzene rings is 1. The monoisotopic (exact) mass is 261 g/mol. The highest BCUT2D eigenvalue weighted by molar-refractivity contribution is 5.90. The number of para-hydroxylation sites is 1. The van der Waals surface area contributed by atoms with Crippen LogP contribution in [0.3, 0.4) is 0 Å². The van der Waals surface area contributed by atoms with Gasteiger partial charge in [-0.15, -0.1) is 0 Å². The fourth-order valence-electron chi connectivity index (χ4n) is 2.05. The summed E-state index contributed by atoms with van der Waals surface area (Å²) in [6, 6.07) is 6.62. The Hall–Kier alpha value is -1.55. The van der Waals surface area contributed by atoms with Gasteiger partial charge in [0.15, 0.2) is 0 Å². The molecule has 3 N–H and O–H groups in total. The highest BCUT2D eigenvalue weighted by atomic mass is 16.2. The van der Waals surface area contributed by atoms with Crippen molar-refractivity contribution in [1.29, 1.82) is 0 Å². The molecule has 1 aromatic carbocycles. The molecule has 1 saturated carbocycles. The van der Waals surface area contributed by atoms with Crippen molar-refractivity contribution in [2.45, 2.75) is 39.2 Å². The zero-order valence-electron chi connectivity index (χ0n) is 11.8. The zero-order chi connectivity index (χ0) is 13.7. The molecule has 0 unspecified atom stereocenters. The van der Waals surface area contributed by atoms with Crippen LogP contribution in [0.1, 0.15) is 30.4 Å². The van der Waals surface area contributed by atoms with Gasteiger partial charge in [-0.3, -0.25) is 0 Å². The van der Waals surface area contributed by atoms with Crippen LogP contribution < -0.4 is 16.0 Å². The molecule has 0 bridgehead atoms. The summed E-state index contributed by atoms with van der Waals surface area (Å²) >= 11 is 0. The molecule has 4 heteroatoms. The lowest BCUT2D eigenvalue weighted by molar-refractivity contribution is 0.252. The SMILES string of the molecule is Cc1cccc(C)c1NC(=O)NCCCNC1CC1. The van der Waals surface area contributed by atoms with Crippen molar-refractivity contribution in [1.82, 2.24) is 10.6 Å². The molecule has 1 aliphatic carbocycles. The molecule has 0 aliphatic heterocycles. The first-order valence-electron chi connectivity index (χ1n) is 7.01. The van der Waals surface area contributed by atoms with Gasteiger partial charge in [0.2, 0.25) is 0 Å². The van der Waals surface area contributed by atoms with Crippen LogP contribution in [-0.4, -0.2) is 25.2 Å². The van der Waals surface area contributed by atoms with E-state index >= 15 is 0 Å². The van der Waals surface area contributed by atoms with Crippen molar-refractivity contribution in [2.75, 3.05) is 18.4 Å². The Morgan fingerprint density at radius 1 is 1.21 bits per heavy atom. The van der Waals surface area contributed by atoms with Gasteiger partial charge in [0, 0.05) is 18.3 Å². The zero-order valence-corrected chi connectivity index (χ0v) is 11.8. The number of amides is 2. The summed E-state index contributed by atoms with van der Waals surface area (Å²) < 4.78 is 0. The van der Waals surface area contributed by atoms with E-state index in [2.05, 4.69) is 16.0 Å². The average molecular weight is 261 g/mol. The molecular formula is C15H23N3O. The Morgan fingerprint density at radius 2 is 1.89 bits per heavy atom. The molecule has 19 heavy (non-hydrogen) atoms. The van der Waals surface area contributed by atoms with E-state index in [1.165, 1.54) is 12.8 Å². The summed E-state index contributed by atoms with van der Waals surface area (Å²) in [5, 5.41) is 9.24. The van der Waals surface area contributed by atoms with Crippen LogP contribution in [-0.2, 0) is 0 Å². The number of hydrogen-bond acceptors (Lipinski definition) is 2. The maximum Gasteiger partial charge on any atom is 0.319 e. The molecule has 0 spiro atoms. The molecule has 2 amide bonds. The predicted octanol–water partition coefficient (Wildman–Crippen LogP) is 2.57. The summed E-state index contributed by atoms with van der Waals surface area (Å²) in [6.45, 7) is 5.69. The fraction of sp³-hybridized carbons (Fsp3) is 0.533. The molecule has 0 radical (unpaired) electrons. The molecule has 1 aromatic rings. The summed E-state index contributed by atoms with van der Waals surface area (Å²) in [4.78, 5) is 11.8. The molecule has 1 fully saturated rings. The van der Waals surface area contributed by atoms with E-state index in [0.717, 1.165) is 35.8 Å². The van der Waals surface area contributed by atoms with Crippen molar-refractivity contribution < 1.29 is 4.79 Å². The van der Waals surface area contributed by atoms with E-state index in [9.17, 15) is 4.79 Å². The lowest BCUT2D eigenvalue weighted by Crippen LogP contribution is -2.32. The standard InChI is InChI=1S/C15H23N3O/c1-11-5-3-6-12(2)14(11)18-15(19)17-10-4-9-16-13-7-8-13/h3,5-6,13,16H,4,7-10H2,1-2H3,(H2,17,18,19). The molecule has 0 aromatic heterocycles. The number of anilines is 1. The maximum atomic E-state index is 11.8. The van der Waals surface area contributed by atoms with Crippen LogP contribution in [0.25, 0.3) is 0 Å². The molecule has 2 rings (SSSR count). The highest BCUT2D eigenvalue weighted by Crippen LogP contribution is 2.19. The van der Waals surface area contributed by atoms with Gasteiger partial charge < -0.3 is 16.0 Å². The maximum absolute atomic E-state index is 11.8. The smallest absolute Gasteiger partial charge is 0.319 e. The van der Waals surface area contributed by atoms with Gasteiger partial charge in [0.25, 0.3) is 0 Å². The Labute approximate surface area is 115 Å². The van der Waals surface area contributed by atoms with Gasteiger partial charge >= 0.3 is 6.03 Å². The molecule has 4 nitrogen and oxygen atoms in total. The van der Waals surface area contributed by atoms with Crippen LogP contribution in [0.4, 0.5) is 10.5 Å². The molecule has 1 aliphatic rings. The van der Waals surface area contributed by atoms with Gasteiger partial charge in [-0.25, -0.2) is 4.79 Å². The third kappa shape index (κ3) is 4.56. The molecule has 0 atom stereocenters. The van der Waals surface area contributed by atoms with E-state index in [-0.39, 0.29) is 6.03 Å². The largest absolute Gasteiger partial charge is 0.338 e. The normalized spacial score (nSPS) is 14.2. The number of hydrogen-bond donors (Lipinski definition) is 3. The third-order valence-electron chi connectivity index (χ3n) is 3.37. The quantitative estimate of drug-likeness (QED) is 0.689. The predicted molar refractivity (Wildman–Crippen MR) is 78.6 cm³/mol. The second-order valence-electron chi connectivity index (χ2n) is 5.23. The summed E-state index contributed by atoms with van der Waals surface area (Å²) in [7, 11) is 0. The van der Waals surface area contributed by atoms with Crippen LogP contribution in [0.5, 0.6) is 0 Å². The fourth-order valence-corrected chi connectivity index (χ4v) is 2.05. The average Bonchev–Trinajstić information content (AvgIpc) is 3.18. The van der Waals surface area contributed by atoms with Gasteiger partial charge in [-0.1, -0.05) is 18.2 Å². The van der Waals surface area contributed by atoms with Gasteiger partial charge in [0.05, 0.1) is 0 Å². The van der Waals surface area contributed by atoms with Crippen molar-refractivity contribution in [2.24, 2.45) is 0 Å².